The number of nitrogens with zero attached hydrogens (tertiary/aromatic N) is 2. The normalized spacial score (nSPS) is 15.4. The quantitative estimate of drug-likeness (QED) is 0.366. The largest absolute Gasteiger partial charge is 0.508 e. The van der Waals surface area contributed by atoms with Gasteiger partial charge >= 0.3 is 0 Å². The van der Waals surface area contributed by atoms with Gasteiger partial charge in [-0.25, -0.2) is 0 Å². The predicted octanol–water partition coefficient (Wildman–Crippen LogP) is 5.86. The fourth-order valence-corrected chi connectivity index (χ4v) is 5.20. The van der Waals surface area contributed by atoms with Gasteiger partial charge in [0.2, 0.25) is 0 Å². The smallest absolute Gasteiger partial charge is 0.115 e. The van der Waals surface area contributed by atoms with Crippen LogP contribution in [0.5, 0.6) is 5.75 Å². The van der Waals surface area contributed by atoms with Crippen LogP contribution in [0.15, 0.2) is 48.5 Å². The Bertz CT molecular complexity index is 1140. The lowest BCUT2D eigenvalue weighted by Crippen LogP contribution is -2.31. The first-order valence-corrected chi connectivity index (χ1v) is 11.7. The number of rotatable bonds is 8. The molecule has 1 aliphatic heterocycles. The van der Waals surface area contributed by atoms with Crippen molar-refractivity contribution in [2.24, 2.45) is 0 Å². The SMILES string of the molecule is CCc1c(-c2ccc(O)cc2)c2cc(COCCCN3CCCCC3)c3cccc1n32. The van der Waals surface area contributed by atoms with E-state index in [9.17, 15) is 5.11 Å². The number of hydrogen-bond acceptors (Lipinski definition) is 3. The number of aromatic nitrogens is 1. The van der Waals surface area contributed by atoms with E-state index in [4.69, 9.17) is 4.74 Å². The minimum Gasteiger partial charge on any atom is -0.508 e. The monoisotopic (exact) mass is 416 g/mol. The minimum atomic E-state index is 0.303. The Labute approximate surface area is 184 Å². The Kier molecular flexibility index (Phi) is 5.84. The highest BCUT2D eigenvalue weighted by atomic mass is 16.5. The molecule has 1 saturated heterocycles. The number of aryl methyl sites for hydroxylation is 1. The summed E-state index contributed by atoms with van der Waals surface area (Å²) in [5, 5.41) is 9.74. The van der Waals surface area contributed by atoms with Gasteiger partial charge in [-0.05, 0) is 80.2 Å². The summed E-state index contributed by atoms with van der Waals surface area (Å²) in [6, 6.07) is 16.5. The molecule has 1 fully saturated rings. The standard InChI is InChI=1S/C27H32N2O2/c1-2-23-25-9-6-8-24-21(19-31-17-7-16-28-14-4-3-5-15-28)18-26(29(24)25)27(23)20-10-12-22(30)13-11-20/h6,8-13,18,30H,2-5,7,14-17,19H2,1H3. The topological polar surface area (TPSA) is 37.1 Å². The average molecular weight is 417 g/mol. The lowest BCUT2D eigenvalue weighted by molar-refractivity contribution is 0.106. The Balaban J connectivity index is 1.37. The second-order valence-corrected chi connectivity index (χ2v) is 8.75. The van der Waals surface area contributed by atoms with E-state index in [0.29, 0.717) is 12.4 Å². The number of likely N-dealkylation sites (tertiary alicyclic amines) is 1. The van der Waals surface area contributed by atoms with E-state index in [2.05, 4.69) is 40.5 Å². The van der Waals surface area contributed by atoms with Crippen LogP contribution in [-0.4, -0.2) is 40.6 Å². The summed E-state index contributed by atoms with van der Waals surface area (Å²) >= 11 is 0. The van der Waals surface area contributed by atoms with E-state index >= 15 is 0 Å². The van der Waals surface area contributed by atoms with E-state index in [1.807, 2.05) is 12.1 Å². The van der Waals surface area contributed by atoms with Gasteiger partial charge in [-0.2, -0.15) is 0 Å². The van der Waals surface area contributed by atoms with Crippen LogP contribution in [0.25, 0.3) is 27.7 Å². The zero-order valence-corrected chi connectivity index (χ0v) is 18.4. The first-order chi connectivity index (χ1) is 15.3. The second-order valence-electron chi connectivity index (χ2n) is 8.75. The minimum absolute atomic E-state index is 0.303. The maximum absolute atomic E-state index is 9.74. The van der Waals surface area contributed by atoms with Crippen LogP contribution in [0.2, 0.25) is 0 Å². The Morgan fingerprint density at radius 2 is 1.71 bits per heavy atom. The number of piperidine rings is 1. The molecule has 0 unspecified atom stereocenters. The van der Waals surface area contributed by atoms with Gasteiger partial charge in [-0.15, -0.1) is 0 Å². The molecule has 0 atom stereocenters. The van der Waals surface area contributed by atoms with Gasteiger partial charge in [-0.3, -0.25) is 0 Å². The molecule has 162 valence electrons. The lowest BCUT2D eigenvalue weighted by Gasteiger charge is -2.26. The van der Waals surface area contributed by atoms with Gasteiger partial charge in [-0.1, -0.05) is 31.5 Å². The third-order valence-corrected chi connectivity index (χ3v) is 6.72. The first-order valence-electron chi connectivity index (χ1n) is 11.7. The molecule has 5 rings (SSSR count). The molecule has 4 heteroatoms. The molecule has 1 aliphatic rings. The summed E-state index contributed by atoms with van der Waals surface area (Å²) < 4.78 is 8.50. The van der Waals surface area contributed by atoms with Crippen molar-refractivity contribution in [3.05, 3.63) is 59.7 Å². The highest BCUT2D eigenvalue weighted by Crippen LogP contribution is 2.39. The number of phenols is 1. The van der Waals surface area contributed by atoms with Gasteiger partial charge in [0.05, 0.1) is 23.2 Å². The second kappa shape index (κ2) is 8.89. The van der Waals surface area contributed by atoms with Gasteiger partial charge in [0.25, 0.3) is 0 Å². The van der Waals surface area contributed by atoms with Crippen molar-refractivity contribution in [2.75, 3.05) is 26.2 Å². The van der Waals surface area contributed by atoms with E-state index in [0.717, 1.165) is 31.6 Å². The van der Waals surface area contributed by atoms with Crippen molar-refractivity contribution in [2.45, 2.75) is 45.6 Å². The van der Waals surface area contributed by atoms with Crippen LogP contribution in [0, 0.1) is 0 Å². The molecule has 4 heterocycles. The maximum atomic E-state index is 9.74. The molecule has 4 nitrogen and oxygen atoms in total. The Hall–Kier alpha value is -2.56. The molecule has 1 aromatic carbocycles. The van der Waals surface area contributed by atoms with Gasteiger partial charge < -0.3 is 19.1 Å². The van der Waals surface area contributed by atoms with Crippen LogP contribution in [0.4, 0.5) is 0 Å². The summed E-state index contributed by atoms with van der Waals surface area (Å²) in [4.78, 5) is 2.57. The molecule has 0 spiro atoms. The molecule has 0 amide bonds. The number of phenolic OH excluding ortho intramolecular Hbond substituents is 1. The van der Waals surface area contributed by atoms with Crippen molar-refractivity contribution in [1.29, 1.82) is 0 Å². The average Bonchev–Trinajstić information content (AvgIpc) is 3.33. The van der Waals surface area contributed by atoms with Gasteiger partial charge in [0.15, 0.2) is 0 Å². The molecular formula is C27H32N2O2. The number of ether oxygens (including phenoxy) is 1. The number of benzene rings is 1. The molecule has 0 aliphatic carbocycles. The van der Waals surface area contributed by atoms with Gasteiger partial charge in [0, 0.05) is 24.3 Å². The number of pyridine rings is 1. The molecule has 0 saturated carbocycles. The molecular weight excluding hydrogens is 384 g/mol. The molecule has 1 N–H and O–H groups in total. The van der Waals surface area contributed by atoms with Crippen molar-refractivity contribution in [1.82, 2.24) is 9.30 Å². The van der Waals surface area contributed by atoms with Crippen molar-refractivity contribution < 1.29 is 9.84 Å². The van der Waals surface area contributed by atoms with Crippen molar-refractivity contribution in [3.8, 4) is 16.9 Å². The van der Waals surface area contributed by atoms with Crippen LogP contribution >= 0.6 is 0 Å². The van der Waals surface area contributed by atoms with Gasteiger partial charge in [0.1, 0.15) is 5.75 Å². The van der Waals surface area contributed by atoms with Crippen LogP contribution in [0.3, 0.4) is 0 Å². The summed E-state index contributed by atoms with van der Waals surface area (Å²) in [5.74, 6) is 0.303. The van der Waals surface area contributed by atoms with E-state index < -0.39 is 0 Å². The number of hydrogen-bond donors (Lipinski definition) is 1. The summed E-state index contributed by atoms with van der Waals surface area (Å²) in [5.41, 5.74) is 8.79. The zero-order chi connectivity index (χ0) is 21.2. The molecule has 31 heavy (non-hydrogen) atoms. The highest BCUT2D eigenvalue weighted by Gasteiger charge is 2.20. The van der Waals surface area contributed by atoms with E-state index in [1.165, 1.54) is 65.6 Å². The molecule has 3 aromatic heterocycles. The molecule has 0 radical (unpaired) electrons. The molecule has 4 aromatic rings. The van der Waals surface area contributed by atoms with E-state index in [-0.39, 0.29) is 0 Å². The third-order valence-electron chi connectivity index (χ3n) is 6.72. The van der Waals surface area contributed by atoms with Crippen LogP contribution in [-0.2, 0) is 17.8 Å². The Morgan fingerprint density at radius 3 is 2.48 bits per heavy atom. The summed E-state index contributed by atoms with van der Waals surface area (Å²) in [7, 11) is 0. The maximum Gasteiger partial charge on any atom is 0.115 e. The summed E-state index contributed by atoms with van der Waals surface area (Å²) in [6.07, 6.45) is 6.15. The number of aromatic hydroxyl groups is 1. The predicted molar refractivity (Wildman–Crippen MR) is 127 cm³/mol. The first kappa shape index (κ1) is 20.3. The van der Waals surface area contributed by atoms with Crippen molar-refractivity contribution >= 4 is 16.6 Å². The van der Waals surface area contributed by atoms with Crippen LogP contribution in [0.1, 0.15) is 43.7 Å². The molecule has 0 bridgehead atoms. The van der Waals surface area contributed by atoms with Crippen molar-refractivity contribution in [3.63, 3.8) is 0 Å². The highest BCUT2D eigenvalue weighted by molar-refractivity contribution is 5.96. The zero-order valence-electron chi connectivity index (χ0n) is 18.4. The lowest BCUT2D eigenvalue weighted by atomic mass is 9.99. The summed E-state index contributed by atoms with van der Waals surface area (Å²) in [6.45, 7) is 7.33. The fraction of sp³-hybridized carbons (Fsp3) is 0.407. The van der Waals surface area contributed by atoms with Crippen LogP contribution < -0.4 is 0 Å². The third kappa shape index (κ3) is 3.90. The van der Waals surface area contributed by atoms with E-state index in [1.54, 1.807) is 12.1 Å². The fourth-order valence-electron chi connectivity index (χ4n) is 5.20. The Morgan fingerprint density at radius 1 is 0.935 bits per heavy atom.